The topological polar surface area (TPSA) is 155 Å². The van der Waals surface area contributed by atoms with E-state index in [9.17, 15) is 31.7 Å². The van der Waals surface area contributed by atoms with E-state index in [1.807, 2.05) is 38.1 Å². The Morgan fingerprint density at radius 1 is 0.980 bits per heavy atom. The summed E-state index contributed by atoms with van der Waals surface area (Å²) in [7, 11) is -4.02. The predicted octanol–water partition coefficient (Wildman–Crippen LogP) is 6.74. The van der Waals surface area contributed by atoms with Gasteiger partial charge in [-0.3, -0.25) is 9.12 Å². The number of nitro groups is 1. The van der Waals surface area contributed by atoms with E-state index < -0.39 is 27.0 Å². The lowest BCUT2D eigenvalue weighted by Gasteiger charge is -2.40. The van der Waals surface area contributed by atoms with Crippen LogP contribution in [-0.2, 0) is 16.7 Å². The van der Waals surface area contributed by atoms with E-state index in [0.29, 0.717) is 30.1 Å². The Kier molecular flexibility index (Phi) is 9.78. The van der Waals surface area contributed by atoms with Gasteiger partial charge in [0.25, 0.3) is 10.1 Å². The first-order valence-corrected chi connectivity index (χ1v) is 17.5. The number of fused-ring (bicyclic) bond motifs is 3. The summed E-state index contributed by atoms with van der Waals surface area (Å²) in [6, 6.07) is 20.2. The molecule has 0 spiro atoms. The van der Waals surface area contributed by atoms with Crippen molar-refractivity contribution in [2.24, 2.45) is 0 Å². The lowest BCUT2D eigenvalue weighted by Crippen LogP contribution is -2.46. The first kappa shape index (κ1) is 35.8. The Bertz CT molecular complexity index is 1920. The molecule has 2 fully saturated rings. The number of alkyl halides is 3. The van der Waals surface area contributed by atoms with Gasteiger partial charge >= 0.3 is 18.2 Å². The number of nitrogens with zero attached hydrogens (tertiary/aromatic N) is 4. The van der Waals surface area contributed by atoms with Crippen LogP contribution in [0.3, 0.4) is 0 Å². The second-order valence-corrected chi connectivity index (χ2v) is 14.3. The third kappa shape index (κ3) is 8.83. The highest BCUT2D eigenvalue weighted by atomic mass is 32.2. The number of piperidine rings is 1. The van der Waals surface area contributed by atoms with Crippen LogP contribution in [0.25, 0.3) is 0 Å². The van der Waals surface area contributed by atoms with Gasteiger partial charge in [0.2, 0.25) is 0 Å². The molecule has 0 amide bonds. The molecule has 2 bridgehead atoms. The molecule has 17 heteroatoms. The highest BCUT2D eigenvalue weighted by Crippen LogP contribution is 2.41. The Morgan fingerprint density at radius 2 is 1.57 bits per heavy atom. The van der Waals surface area contributed by atoms with Crippen molar-refractivity contribution in [2.45, 2.75) is 81.1 Å². The fourth-order valence-corrected chi connectivity index (χ4v) is 7.05. The molecule has 1 aromatic heterocycles. The minimum Gasteiger partial charge on any atom is -0.490 e. The number of rotatable bonds is 9. The van der Waals surface area contributed by atoms with E-state index in [4.69, 9.17) is 18.8 Å². The molecule has 4 aromatic rings. The van der Waals surface area contributed by atoms with Crippen molar-refractivity contribution in [1.82, 2.24) is 9.55 Å². The summed E-state index contributed by atoms with van der Waals surface area (Å²) in [6.45, 7) is 4.36. The van der Waals surface area contributed by atoms with Gasteiger partial charge in [0.05, 0.1) is 11.4 Å². The van der Waals surface area contributed by atoms with Crippen LogP contribution < -0.4 is 23.8 Å². The van der Waals surface area contributed by atoms with Crippen LogP contribution in [0.5, 0.6) is 23.3 Å². The summed E-state index contributed by atoms with van der Waals surface area (Å²) in [6.07, 6.45) is 0.346. The van der Waals surface area contributed by atoms with E-state index in [1.165, 1.54) is 42.6 Å². The van der Waals surface area contributed by atoms with Crippen molar-refractivity contribution in [3.8, 4) is 23.3 Å². The maximum atomic E-state index is 12.4. The summed E-state index contributed by atoms with van der Waals surface area (Å²) in [5.74, 6) is 0.695. The Balaban J connectivity index is 0.000000349. The van der Waals surface area contributed by atoms with Crippen molar-refractivity contribution in [2.75, 3.05) is 11.5 Å². The standard InChI is InChI=1S/C27H27F3N4O6.C7H8O3S/c1-26(15-32-14-24(34(35)36)31-25(32)40-26)16-37-20-6-4-17(5-7-20)33-18-2-3-19(33)13-23(12-18)38-21-8-10-22(11-9-21)39-27(28,29)30;1-6-2-4-7(5-3-6)11(8,9)10/h4-11,14,18-19,23H,2-3,12-13,15-16H2,1H3;2-5H,1H3,(H,8,9,10)/t18?,19?,23?,26-;/m1./s1. The highest BCUT2D eigenvalue weighted by molar-refractivity contribution is 7.85. The second-order valence-electron chi connectivity index (χ2n) is 12.9. The number of aromatic nitrogens is 2. The van der Waals surface area contributed by atoms with Crippen molar-refractivity contribution in [1.29, 1.82) is 0 Å². The zero-order chi connectivity index (χ0) is 36.6. The van der Waals surface area contributed by atoms with Gasteiger partial charge in [0, 0.05) is 35.6 Å². The molecule has 3 aliphatic heterocycles. The predicted molar refractivity (Wildman–Crippen MR) is 177 cm³/mol. The molecule has 0 saturated carbocycles. The van der Waals surface area contributed by atoms with Crippen LogP contribution in [-0.4, -0.2) is 64.2 Å². The van der Waals surface area contributed by atoms with Crippen LogP contribution in [0.2, 0.25) is 0 Å². The largest absolute Gasteiger partial charge is 0.573 e. The first-order valence-electron chi connectivity index (χ1n) is 16.0. The van der Waals surface area contributed by atoms with Gasteiger partial charge in [0.15, 0.2) is 5.60 Å². The van der Waals surface area contributed by atoms with Crippen LogP contribution in [0.1, 0.15) is 38.2 Å². The summed E-state index contributed by atoms with van der Waals surface area (Å²) in [5, 5.41) is 10.9. The molecule has 272 valence electrons. The van der Waals surface area contributed by atoms with Gasteiger partial charge in [-0.1, -0.05) is 17.7 Å². The van der Waals surface area contributed by atoms with Crippen molar-refractivity contribution in [3.63, 3.8) is 0 Å². The van der Waals surface area contributed by atoms with Gasteiger partial charge in [-0.05, 0) is 92.3 Å². The number of hydrogen-bond donors (Lipinski definition) is 1. The van der Waals surface area contributed by atoms with E-state index in [-0.39, 0.29) is 35.2 Å². The van der Waals surface area contributed by atoms with Gasteiger partial charge < -0.3 is 34.0 Å². The third-order valence-corrected chi connectivity index (χ3v) is 9.67. The number of imidazole rings is 1. The summed E-state index contributed by atoms with van der Waals surface area (Å²) < 4.78 is 90.2. The molecule has 2 saturated heterocycles. The van der Waals surface area contributed by atoms with E-state index in [1.54, 1.807) is 16.7 Å². The molecule has 4 heterocycles. The van der Waals surface area contributed by atoms with Gasteiger partial charge in [-0.15, -0.1) is 13.2 Å². The van der Waals surface area contributed by atoms with E-state index in [0.717, 1.165) is 36.9 Å². The van der Waals surface area contributed by atoms with E-state index >= 15 is 0 Å². The van der Waals surface area contributed by atoms with Crippen LogP contribution in [0.15, 0.2) is 83.9 Å². The molecule has 2 unspecified atom stereocenters. The second kappa shape index (κ2) is 13.9. The van der Waals surface area contributed by atoms with Crippen LogP contribution >= 0.6 is 0 Å². The fraction of sp³-hybridized carbons (Fsp3) is 0.382. The van der Waals surface area contributed by atoms with Gasteiger partial charge in [0.1, 0.15) is 36.2 Å². The molecule has 51 heavy (non-hydrogen) atoms. The molecular weight excluding hydrogens is 697 g/mol. The summed E-state index contributed by atoms with van der Waals surface area (Å²) in [5.41, 5.74) is 1.36. The number of aryl methyl sites for hydroxylation is 1. The van der Waals surface area contributed by atoms with Crippen LogP contribution in [0, 0.1) is 17.0 Å². The molecule has 3 aromatic carbocycles. The SMILES string of the molecule is C[C@]1(COc2ccc(N3C4CCC3CC(Oc3ccc(OC(F)(F)F)cc3)C4)cc2)Cn2cc([N+](=O)[O-])nc2O1.Cc1ccc(S(=O)(=O)O)cc1. The first-order chi connectivity index (χ1) is 24.0. The van der Waals surface area contributed by atoms with Gasteiger partial charge in [-0.2, -0.15) is 8.42 Å². The minimum absolute atomic E-state index is 0.0194. The smallest absolute Gasteiger partial charge is 0.490 e. The lowest BCUT2D eigenvalue weighted by atomic mass is 9.98. The number of halogens is 3. The molecule has 1 N–H and O–H groups in total. The molecule has 7 rings (SSSR count). The molecule has 0 radical (unpaired) electrons. The molecule has 0 aliphatic carbocycles. The average molecular weight is 733 g/mol. The normalized spacial score (nSPS) is 22.3. The third-order valence-electron chi connectivity index (χ3n) is 8.80. The van der Waals surface area contributed by atoms with Crippen molar-refractivity contribution in [3.05, 3.63) is 94.7 Å². The monoisotopic (exact) mass is 732 g/mol. The molecular formula is C34H35F3N4O9S. The minimum atomic E-state index is -4.72. The zero-order valence-corrected chi connectivity index (χ0v) is 28.3. The highest BCUT2D eigenvalue weighted by Gasteiger charge is 2.43. The molecule has 3 atom stereocenters. The molecule has 13 nitrogen and oxygen atoms in total. The van der Waals surface area contributed by atoms with Crippen molar-refractivity contribution < 1.29 is 50.0 Å². The fourth-order valence-electron chi connectivity index (χ4n) is 6.57. The maximum Gasteiger partial charge on any atom is 0.573 e. The summed E-state index contributed by atoms with van der Waals surface area (Å²) >= 11 is 0. The summed E-state index contributed by atoms with van der Waals surface area (Å²) in [4.78, 5) is 16.6. The Labute approximate surface area is 291 Å². The Hall–Kier alpha value is -5.03. The zero-order valence-electron chi connectivity index (χ0n) is 27.5. The maximum absolute atomic E-state index is 12.4. The Morgan fingerprint density at radius 3 is 2.12 bits per heavy atom. The van der Waals surface area contributed by atoms with Gasteiger partial charge in [-0.25, -0.2) is 0 Å². The quantitative estimate of drug-likeness (QED) is 0.111. The number of ether oxygens (including phenoxy) is 4. The number of anilines is 1. The lowest BCUT2D eigenvalue weighted by molar-refractivity contribution is -0.389. The number of hydrogen-bond acceptors (Lipinski definition) is 10. The van der Waals surface area contributed by atoms with Crippen molar-refractivity contribution >= 4 is 21.6 Å². The number of benzene rings is 3. The average Bonchev–Trinajstić information content (AvgIpc) is 3.68. The van der Waals surface area contributed by atoms with E-state index in [2.05, 4.69) is 14.6 Å². The molecule has 3 aliphatic rings. The van der Waals surface area contributed by atoms with Crippen LogP contribution in [0.4, 0.5) is 24.7 Å².